The molecule has 1 heterocycles. The molecule has 4 N–H and O–H groups in total. The van der Waals surface area contributed by atoms with Crippen molar-refractivity contribution in [3.63, 3.8) is 0 Å². The van der Waals surface area contributed by atoms with Crippen molar-refractivity contribution in [1.29, 1.82) is 0 Å². The van der Waals surface area contributed by atoms with Crippen LogP contribution in [0.3, 0.4) is 0 Å². The minimum Gasteiger partial charge on any atom is -0.503 e. The molecular formula is C16H26N2O4. The van der Waals surface area contributed by atoms with E-state index in [4.69, 9.17) is 4.74 Å². The minimum absolute atomic E-state index is 0.0108. The second-order valence-electron chi connectivity index (χ2n) is 6.77. The van der Waals surface area contributed by atoms with E-state index < -0.39 is 11.6 Å². The zero-order valence-corrected chi connectivity index (χ0v) is 13.6. The molecule has 0 amide bonds. The second-order valence-corrected chi connectivity index (χ2v) is 6.77. The lowest BCUT2D eigenvalue weighted by Crippen LogP contribution is -2.51. The molecule has 3 atom stereocenters. The van der Waals surface area contributed by atoms with Crippen LogP contribution < -0.4 is 10.6 Å². The Kier molecular flexibility index (Phi) is 4.82. The standard InChI is InChI=1S/C16H26N2O4/c1-9-7-10(8-16(2,3)14(9)20)18-15(21)12-13(19)11(22-4)5-6-17-12/h5,9-10,15,17-19,21H,6-8H2,1-4H3. The highest BCUT2D eigenvalue weighted by molar-refractivity contribution is 5.86. The number of aliphatic hydroxyl groups is 2. The normalized spacial score (nSPS) is 29.7. The molecule has 2 aliphatic rings. The molecule has 0 radical (unpaired) electrons. The quantitative estimate of drug-likeness (QED) is 0.583. The van der Waals surface area contributed by atoms with Crippen LogP contribution in [-0.2, 0) is 9.53 Å². The fraction of sp³-hybridized carbons (Fsp3) is 0.688. The third kappa shape index (κ3) is 3.28. The van der Waals surface area contributed by atoms with E-state index >= 15 is 0 Å². The van der Waals surface area contributed by atoms with E-state index in [0.29, 0.717) is 30.8 Å². The molecule has 6 nitrogen and oxygen atoms in total. The van der Waals surface area contributed by atoms with E-state index in [1.165, 1.54) is 7.11 Å². The summed E-state index contributed by atoms with van der Waals surface area (Å²) in [6, 6.07) is 0.0108. The number of dihydropyridines is 1. The topological polar surface area (TPSA) is 90.8 Å². The van der Waals surface area contributed by atoms with Gasteiger partial charge in [-0.05, 0) is 18.9 Å². The molecule has 1 aliphatic carbocycles. The first-order valence-electron chi connectivity index (χ1n) is 7.66. The monoisotopic (exact) mass is 310 g/mol. The summed E-state index contributed by atoms with van der Waals surface area (Å²) in [5.41, 5.74) is -0.0926. The summed E-state index contributed by atoms with van der Waals surface area (Å²) < 4.78 is 5.07. The lowest BCUT2D eigenvalue weighted by Gasteiger charge is -2.39. The Balaban J connectivity index is 2.08. The number of hydrogen-bond donors (Lipinski definition) is 4. The summed E-state index contributed by atoms with van der Waals surface area (Å²) >= 11 is 0. The Hall–Kier alpha value is -1.53. The highest BCUT2D eigenvalue weighted by Gasteiger charge is 2.40. The Morgan fingerprint density at radius 2 is 2.18 bits per heavy atom. The summed E-state index contributed by atoms with van der Waals surface area (Å²) in [4.78, 5) is 12.1. The third-order valence-corrected chi connectivity index (χ3v) is 4.46. The summed E-state index contributed by atoms with van der Waals surface area (Å²) in [5, 5.41) is 26.5. The number of methoxy groups -OCH3 is 1. The van der Waals surface area contributed by atoms with Gasteiger partial charge in [0.25, 0.3) is 0 Å². The molecule has 6 heteroatoms. The van der Waals surface area contributed by atoms with Crippen molar-refractivity contribution in [1.82, 2.24) is 10.6 Å². The van der Waals surface area contributed by atoms with Gasteiger partial charge in [-0.3, -0.25) is 10.1 Å². The highest BCUT2D eigenvalue weighted by Crippen LogP contribution is 2.35. The number of ether oxygens (including phenoxy) is 1. The van der Waals surface area contributed by atoms with Gasteiger partial charge in [-0.2, -0.15) is 0 Å². The van der Waals surface area contributed by atoms with Gasteiger partial charge in [0.1, 0.15) is 17.7 Å². The number of rotatable bonds is 4. The predicted molar refractivity (Wildman–Crippen MR) is 82.9 cm³/mol. The zero-order chi connectivity index (χ0) is 16.5. The van der Waals surface area contributed by atoms with E-state index in [-0.39, 0.29) is 23.5 Å². The Morgan fingerprint density at radius 1 is 1.50 bits per heavy atom. The Bertz CT molecular complexity index is 510. The van der Waals surface area contributed by atoms with E-state index in [1.54, 1.807) is 6.08 Å². The van der Waals surface area contributed by atoms with Gasteiger partial charge in [-0.15, -0.1) is 0 Å². The van der Waals surface area contributed by atoms with Gasteiger partial charge < -0.3 is 20.3 Å². The van der Waals surface area contributed by atoms with Crippen LogP contribution >= 0.6 is 0 Å². The summed E-state index contributed by atoms with van der Waals surface area (Å²) in [6.45, 7) is 6.28. The van der Waals surface area contributed by atoms with Crippen molar-refractivity contribution in [3.05, 3.63) is 23.3 Å². The van der Waals surface area contributed by atoms with Crippen molar-refractivity contribution in [2.45, 2.75) is 45.9 Å². The third-order valence-electron chi connectivity index (χ3n) is 4.46. The van der Waals surface area contributed by atoms with Gasteiger partial charge in [0, 0.05) is 23.9 Å². The van der Waals surface area contributed by atoms with Crippen molar-refractivity contribution in [3.8, 4) is 0 Å². The van der Waals surface area contributed by atoms with Crippen LogP contribution in [0, 0.1) is 11.3 Å². The second kappa shape index (κ2) is 6.30. The molecule has 3 unspecified atom stereocenters. The van der Waals surface area contributed by atoms with E-state index in [9.17, 15) is 15.0 Å². The van der Waals surface area contributed by atoms with Crippen LogP contribution in [0.15, 0.2) is 23.3 Å². The van der Waals surface area contributed by atoms with Gasteiger partial charge >= 0.3 is 0 Å². The average Bonchev–Trinajstić information content (AvgIpc) is 2.44. The molecule has 124 valence electrons. The van der Waals surface area contributed by atoms with Gasteiger partial charge in [0.15, 0.2) is 11.5 Å². The van der Waals surface area contributed by atoms with E-state index in [0.717, 1.165) is 0 Å². The van der Waals surface area contributed by atoms with Gasteiger partial charge in [0.05, 0.1) is 7.11 Å². The maximum atomic E-state index is 12.1. The first-order chi connectivity index (χ1) is 10.3. The number of carbonyl (C=O) groups is 1. The summed E-state index contributed by atoms with van der Waals surface area (Å²) in [7, 11) is 1.47. The fourth-order valence-electron chi connectivity index (χ4n) is 3.41. The number of ketones is 1. The number of Topliss-reactive ketones (excluding diaryl/α,β-unsaturated/α-hetero) is 1. The molecule has 0 spiro atoms. The molecule has 1 fully saturated rings. The lowest BCUT2D eigenvalue weighted by molar-refractivity contribution is -0.134. The van der Waals surface area contributed by atoms with E-state index in [2.05, 4.69) is 10.6 Å². The molecular weight excluding hydrogens is 284 g/mol. The van der Waals surface area contributed by atoms with Crippen LogP contribution in [0.1, 0.15) is 33.6 Å². The van der Waals surface area contributed by atoms with Crippen LogP contribution in [0.4, 0.5) is 0 Å². The maximum absolute atomic E-state index is 12.1. The number of carbonyl (C=O) groups excluding carboxylic acids is 1. The maximum Gasteiger partial charge on any atom is 0.181 e. The molecule has 0 aromatic rings. The van der Waals surface area contributed by atoms with Crippen molar-refractivity contribution >= 4 is 5.78 Å². The minimum atomic E-state index is -1.03. The van der Waals surface area contributed by atoms with Gasteiger partial charge in [0.2, 0.25) is 0 Å². The summed E-state index contributed by atoms with van der Waals surface area (Å²) in [5.74, 6) is 0.488. The van der Waals surface area contributed by atoms with Gasteiger partial charge in [-0.1, -0.05) is 20.8 Å². The largest absolute Gasteiger partial charge is 0.503 e. The van der Waals surface area contributed by atoms with Crippen LogP contribution in [0.5, 0.6) is 0 Å². The Labute approximate surface area is 131 Å². The zero-order valence-electron chi connectivity index (χ0n) is 13.6. The lowest BCUT2D eigenvalue weighted by atomic mass is 9.69. The van der Waals surface area contributed by atoms with Crippen molar-refractivity contribution < 1.29 is 19.7 Å². The number of aliphatic hydroxyl groups excluding tert-OH is 2. The molecule has 0 saturated heterocycles. The Morgan fingerprint density at radius 3 is 2.77 bits per heavy atom. The fourth-order valence-corrected chi connectivity index (χ4v) is 3.41. The SMILES string of the molecule is COC1=CCNC(C(O)NC2CC(C)C(=O)C(C)(C)C2)=C1O. The van der Waals surface area contributed by atoms with Crippen LogP contribution in [0.25, 0.3) is 0 Å². The number of hydrogen-bond acceptors (Lipinski definition) is 6. The van der Waals surface area contributed by atoms with Gasteiger partial charge in [-0.25, -0.2) is 0 Å². The van der Waals surface area contributed by atoms with Crippen molar-refractivity contribution in [2.24, 2.45) is 11.3 Å². The van der Waals surface area contributed by atoms with E-state index in [1.807, 2.05) is 20.8 Å². The smallest absolute Gasteiger partial charge is 0.181 e. The van der Waals surface area contributed by atoms with Crippen molar-refractivity contribution in [2.75, 3.05) is 13.7 Å². The number of nitrogens with one attached hydrogen (secondary N) is 2. The predicted octanol–water partition coefficient (Wildman–Crippen LogP) is 1.19. The average molecular weight is 310 g/mol. The molecule has 0 aromatic carbocycles. The molecule has 2 rings (SSSR count). The molecule has 1 aliphatic heterocycles. The van der Waals surface area contributed by atoms with Crippen LogP contribution in [-0.4, -0.2) is 41.9 Å². The highest BCUT2D eigenvalue weighted by atomic mass is 16.5. The van der Waals surface area contributed by atoms with Crippen LogP contribution in [0.2, 0.25) is 0 Å². The molecule has 22 heavy (non-hydrogen) atoms. The molecule has 0 aromatic heterocycles. The first-order valence-corrected chi connectivity index (χ1v) is 7.66. The first kappa shape index (κ1) is 16.8. The summed E-state index contributed by atoms with van der Waals surface area (Å²) in [6.07, 6.45) is 2.02. The molecule has 0 bridgehead atoms. The molecule has 1 saturated carbocycles.